The minimum atomic E-state index is -3.09. The van der Waals surface area contributed by atoms with Crippen molar-refractivity contribution in [3.8, 4) is 0 Å². The maximum Gasteiger partial charge on any atom is 0.338 e. The predicted octanol–water partition coefficient (Wildman–Crippen LogP) is 0.371. The molecule has 1 aromatic rings. The van der Waals surface area contributed by atoms with Crippen molar-refractivity contribution in [1.82, 2.24) is 4.90 Å². The highest BCUT2D eigenvalue weighted by atomic mass is 32.2. The van der Waals surface area contributed by atoms with Crippen LogP contribution in [-0.2, 0) is 26.0 Å². The standard InChI is InChI=1S/C16H21NO6S/c1-2-17(14-7-8-24(21,22)11-14)15(19)10-23-16(20)13-5-3-12(9-18)4-6-13/h3-6,14,18H,2,7-11H2,1H3. The van der Waals surface area contributed by atoms with Crippen molar-refractivity contribution >= 4 is 21.7 Å². The third kappa shape index (κ3) is 4.55. The van der Waals surface area contributed by atoms with Crippen LogP contribution in [0.1, 0.15) is 29.3 Å². The number of amides is 1. The third-order valence-electron chi connectivity index (χ3n) is 4.01. The molecule has 132 valence electrons. The van der Waals surface area contributed by atoms with Crippen LogP contribution in [0.25, 0.3) is 0 Å². The number of likely N-dealkylation sites (N-methyl/N-ethyl adjacent to an activating group) is 1. The van der Waals surface area contributed by atoms with E-state index < -0.39 is 28.3 Å². The number of esters is 1. The normalized spacial score (nSPS) is 19.0. The van der Waals surface area contributed by atoms with Gasteiger partial charge in [-0.25, -0.2) is 13.2 Å². The molecule has 1 atom stereocenters. The van der Waals surface area contributed by atoms with Crippen LogP contribution in [0, 0.1) is 0 Å². The van der Waals surface area contributed by atoms with E-state index in [4.69, 9.17) is 9.84 Å². The summed E-state index contributed by atoms with van der Waals surface area (Å²) in [5.41, 5.74) is 0.953. The van der Waals surface area contributed by atoms with Crippen molar-refractivity contribution in [2.24, 2.45) is 0 Å². The van der Waals surface area contributed by atoms with E-state index in [2.05, 4.69) is 0 Å². The number of benzene rings is 1. The maximum atomic E-state index is 12.2. The molecule has 1 aliphatic heterocycles. The predicted molar refractivity (Wildman–Crippen MR) is 87.1 cm³/mol. The van der Waals surface area contributed by atoms with Crippen molar-refractivity contribution in [1.29, 1.82) is 0 Å². The Morgan fingerprint density at radius 2 is 1.96 bits per heavy atom. The summed E-state index contributed by atoms with van der Waals surface area (Å²) in [6, 6.07) is 5.87. The van der Waals surface area contributed by atoms with E-state index in [1.54, 1.807) is 19.1 Å². The Bertz CT molecular complexity index is 698. The summed E-state index contributed by atoms with van der Waals surface area (Å²) in [6.07, 6.45) is 0.415. The van der Waals surface area contributed by atoms with Gasteiger partial charge in [0, 0.05) is 12.6 Å². The van der Waals surface area contributed by atoms with Crippen LogP contribution in [0.2, 0.25) is 0 Å². The van der Waals surface area contributed by atoms with Gasteiger partial charge in [0.25, 0.3) is 5.91 Å². The number of hydrogen-bond donors (Lipinski definition) is 1. The van der Waals surface area contributed by atoms with E-state index in [-0.39, 0.29) is 29.7 Å². The maximum absolute atomic E-state index is 12.2. The Balaban J connectivity index is 1.92. The number of ether oxygens (including phenoxy) is 1. The summed E-state index contributed by atoms with van der Waals surface area (Å²) in [6.45, 7) is 1.58. The summed E-state index contributed by atoms with van der Waals surface area (Å²) >= 11 is 0. The molecule has 0 aromatic heterocycles. The Labute approximate surface area is 141 Å². The van der Waals surface area contributed by atoms with Crippen LogP contribution >= 0.6 is 0 Å². The minimum Gasteiger partial charge on any atom is -0.452 e. The van der Waals surface area contributed by atoms with Gasteiger partial charge in [0.05, 0.1) is 23.7 Å². The van der Waals surface area contributed by atoms with Crippen molar-refractivity contribution in [2.45, 2.75) is 26.0 Å². The number of carbonyl (C=O) groups excluding carboxylic acids is 2. The fourth-order valence-electron chi connectivity index (χ4n) is 2.70. The van der Waals surface area contributed by atoms with E-state index in [0.29, 0.717) is 18.5 Å². The topological polar surface area (TPSA) is 101 Å². The largest absolute Gasteiger partial charge is 0.452 e. The average molecular weight is 355 g/mol. The molecule has 1 saturated heterocycles. The van der Waals surface area contributed by atoms with E-state index in [9.17, 15) is 18.0 Å². The molecule has 1 unspecified atom stereocenters. The molecular formula is C16H21NO6S. The fraction of sp³-hybridized carbons (Fsp3) is 0.500. The van der Waals surface area contributed by atoms with E-state index >= 15 is 0 Å². The molecule has 1 fully saturated rings. The van der Waals surface area contributed by atoms with Gasteiger partial charge in [-0.2, -0.15) is 0 Å². The fourth-order valence-corrected chi connectivity index (χ4v) is 4.43. The number of aliphatic hydroxyl groups excluding tert-OH is 1. The molecule has 1 amide bonds. The Morgan fingerprint density at radius 3 is 2.46 bits per heavy atom. The molecule has 1 N–H and O–H groups in total. The molecule has 1 aliphatic rings. The summed E-state index contributed by atoms with van der Waals surface area (Å²) in [7, 11) is -3.09. The molecule has 1 heterocycles. The molecule has 7 nitrogen and oxygen atoms in total. The van der Waals surface area contributed by atoms with Gasteiger partial charge in [-0.15, -0.1) is 0 Å². The van der Waals surface area contributed by atoms with Crippen LogP contribution in [0.5, 0.6) is 0 Å². The van der Waals surface area contributed by atoms with Gasteiger partial charge in [0.2, 0.25) is 0 Å². The average Bonchev–Trinajstić information content (AvgIpc) is 2.93. The van der Waals surface area contributed by atoms with Gasteiger partial charge in [-0.3, -0.25) is 4.79 Å². The van der Waals surface area contributed by atoms with Crippen LogP contribution in [0.4, 0.5) is 0 Å². The zero-order valence-electron chi connectivity index (χ0n) is 13.5. The molecule has 24 heavy (non-hydrogen) atoms. The Morgan fingerprint density at radius 1 is 1.29 bits per heavy atom. The van der Waals surface area contributed by atoms with Crippen molar-refractivity contribution in [3.63, 3.8) is 0 Å². The van der Waals surface area contributed by atoms with E-state index in [1.807, 2.05) is 0 Å². The minimum absolute atomic E-state index is 0.0385. The smallest absolute Gasteiger partial charge is 0.338 e. The number of nitrogens with zero attached hydrogens (tertiary/aromatic N) is 1. The van der Waals surface area contributed by atoms with Crippen LogP contribution in [0.15, 0.2) is 24.3 Å². The summed E-state index contributed by atoms with van der Waals surface area (Å²) in [5.74, 6) is -0.996. The molecule has 0 spiro atoms. The van der Waals surface area contributed by atoms with Gasteiger partial charge in [-0.05, 0) is 31.0 Å². The lowest BCUT2D eigenvalue weighted by atomic mass is 10.1. The molecule has 0 saturated carbocycles. The highest BCUT2D eigenvalue weighted by molar-refractivity contribution is 7.91. The summed E-state index contributed by atoms with van der Waals surface area (Å²) in [4.78, 5) is 25.6. The lowest BCUT2D eigenvalue weighted by Gasteiger charge is -2.26. The number of aliphatic hydroxyl groups is 1. The molecule has 2 rings (SSSR count). The van der Waals surface area contributed by atoms with Gasteiger partial charge >= 0.3 is 5.97 Å². The number of carbonyl (C=O) groups is 2. The molecule has 0 radical (unpaired) electrons. The van der Waals surface area contributed by atoms with Gasteiger partial charge in [0.15, 0.2) is 16.4 Å². The van der Waals surface area contributed by atoms with E-state index in [1.165, 1.54) is 17.0 Å². The lowest BCUT2D eigenvalue weighted by molar-refractivity contribution is -0.136. The van der Waals surface area contributed by atoms with Crippen molar-refractivity contribution in [2.75, 3.05) is 24.7 Å². The number of hydrogen-bond acceptors (Lipinski definition) is 6. The first-order valence-corrected chi connectivity index (χ1v) is 9.55. The highest BCUT2D eigenvalue weighted by Gasteiger charge is 2.34. The molecule has 0 bridgehead atoms. The Hall–Kier alpha value is -1.93. The monoisotopic (exact) mass is 355 g/mol. The quantitative estimate of drug-likeness (QED) is 0.740. The molecule has 0 aliphatic carbocycles. The summed E-state index contributed by atoms with van der Waals surface area (Å²) in [5, 5.41) is 8.96. The van der Waals surface area contributed by atoms with Gasteiger partial charge in [0.1, 0.15) is 0 Å². The molecule has 1 aromatic carbocycles. The van der Waals surface area contributed by atoms with Crippen molar-refractivity contribution in [3.05, 3.63) is 35.4 Å². The zero-order chi connectivity index (χ0) is 17.7. The molecular weight excluding hydrogens is 334 g/mol. The Kier molecular flexibility index (Phi) is 5.95. The number of rotatable bonds is 6. The summed E-state index contributed by atoms with van der Waals surface area (Å²) < 4.78 is 28.1. The van der Waals surface area contributed by atoms with E-state index in [0.717, 1.165) is 0 Å². The number of sulfone groups is 1. The lowest BCUT2D eigenvalue weighted by Crippen LogP contribution is -2.43. The highest BCUT2D eigenvalue weighted by Crippen LogP contribution is 2.18. The second kappa shape index (κ2) is 7.76. The molecule has 8 heteroatoms. The third-order valence-corrected chi connectivity index (χ3v) is 5.76. The first-order chi connectivity index (χ1) is 11.4. The van der Waals surface area contributed by atoms with Crippen LogP contribution in [-0.4, -0.2) is 61.0 Å². The van der Waals surface area contributed by atoms with Gasteiger partial charge < -0.3 is 14.7 Å². The van der Waals surface area contributed by atoms with Crippen LogP contribution < -0.4 is 0 Å². The SMILES string of the molecule is CCN(C(=O)COC(=O)c1ccc(CO)cc1)C1CCS(=O)(=O)C1. The van der Waals surface area contributed by atoms with Crippen molar-refractivity contribution < 1.29 is 27.9 Å². The van der Waals surface area contributed by atoms with Gasteiger partial charge in [-0.1, -0.05) is 12.1 Å². The second-order valence-electron chi connectivity index (χ2n) is 5.67. The van der Waals surface area contributed by atoms with Crippen LogP contribution in [0.3, 0.4) is 0 Å². The first-order valence-electron chi connectivity index (χ1n) is 7.73. The zero-order valence-corrected chi connectivity index (χ0v) is 14.3. The first kappa shape index (κ1) is 18.4. The second-order valence-corrected chi connectivity index (χ2v) is 7.90.